The van der Waals surface area contributed by atoms with E-state index >= 15 is 0 Å². The molecule has 0 amide bonds. The van der Waals surface area contributed by atoms with E-state index < -0.39 is 0 Å². The van der Waals surface area contributed by atoms with Crippen LogP contribution in [0.3, 0.4) is 0 Å². The van der Waals surface area contributed by atoms with Crippen molar-refractivity contribution in [1.29, 1.82) is 0 Å². The van der Waals surface area contributed by atoms with E-state index in [1.165, 1.54) is 0 Å². The number of Topliss-reactive ketones (excluding diaryl/α,β-unsaturated/α-hetero) is 1. The number of fused-ring (bicyclic) bond motifs is 1. The lowest BCUT2D eigenvalue weighted by Gasteiger charge is -2.09. The molecule has 0 aliphatic rings. The molecule has 0 aliphatic heterocycles. The molecule has 2 aromatic rings. The molecule has 1 aromatic heterocycles. The normalized spacial score (nSPS) is 11.4. The minimum absolute atomic E-state index is 0.172. The van der Waals surface area contributed by atoms with Crippen LogP contribution in [0.1, 0.15) is 39.3 Å². The Kier molecular flexibility index (Phi) is 4.35. The Hall–Kier alpha value is -1.64. The van der Waals surface area contributed by atoms with Crippen LogP contribution in [-0.2, 0) is 17.8 Å². The Morgan fingerprint density at radius 3 is 2.53 bits per heavy atom. The zero-order chi connectivity index (χ0) is 13.8. The SMILES string of the molecule is CCC(CC)C(=O)Cc1nn(CC)c2ccccc12. The maximum Gasteiger partial charge on any atom is 0.141 e. The predicted octanol–water partition coefficient (Wildman–Crippen LogP) is 3.60. The second-order valence-electron chi connectivity index (χ2n) is 4.94. The third-order valence-corrected chi connectivity index (χ3v) is 3.82. The first-order chi connectivity index (χ1) is 9.21. The molecule has 3 nitrogen and oxygen atoms in total. The minimum atomic E-state index is 0.172. The average Bonchev–Trinajstić information content (AvgIpc) is 2.78. The molecule has 0 aliphatic carbocycles. The first kappa shape index (κ1) is 13.8. The Morgan fingerprint density at radius 2 is 1.89 bits per heavy atom. The van der Waals surface area contributed by atoms with Gasteiger partial charge >= 0.3 is 0 Å². The van der Waals surface area contributed by atoms with Gasteiger partial charge in [0, 0.05) is 17.8 Å². The van der Waals surface area contributed by atoms with Crippen LogP contribution in [0.5, 0.6) is 0 Å². The molecular weight excluding hydrogens is 236 g/mol. The highest BCUT2D eigenvalue weighted by Gasteiger charge is 2.18. The Balaban J connectivity index is 2.33. The molecule has 0 fully saturated rings. The van der Waals surface area contributed by atoms with Crippen LogP contribution < -0.4 is 0 Å². The quantitative estimate of drug-likeness (QED) is 0.793. The highest BCUT2D eigenvalue weighted by molar-refractivity contribution is 5.89. The fourth-order valence-electron chi connectivity index (χ4n) is 2.62. The van der Waals surface area contributed by atoms with Gasteiger partial charge in [-0.3, -0.25) is 9.48 Å². The highest BCUT2D eigenvalue weighted by atomic mass is 16.1. The Morgan fingerprint density at radius 1 is 1.21 bits per heavy atom. The molecule has 102 valence electrons. The summed E-state index contributed by atoms with van der Waals surface area (Å²) in [6, 6.07) is 8.15. The van der Waals surface area contributed by atoms with Gasteiger partial charge in [0.05, 0.1) is 17.6 Å². The summed E-state index contributed by atoms with van der Waals surface area (Å²) in [5, 5.41) is 5.71. The maximum absolute atomic E-state index is 12.3. The largest absolute Gasteiger partial charge is 0.299 e. The molecular formula is C16H22N2O. The van der Waals surface area contributed by atoms with E-state index in [-0.39, 0.29) is 5.92 Å². The van der Waals surface area contributed by atoms with Gasteiger partial charge < -0.3 is 0 Å². The smallest absolute Gasteiger partial charge is 0.141 e. The number of carbonyl (C=O) groups excluding carboxylic acids is 1. The van der Waals surface area contributed by atoms with Crippen LogP contribution in [0.4, 0.5) is 0 Å². The van der Waals surface area contributed by atoms with E-state index in [4.69, 9.17) is 0 Å². The van der Waals surface area contributed by atoms with Gasteiger partial charge in [0.15, 0.2) is 0 Å². The van der Waals surface area contributed by atoms with E-state index in [1.807, 2.05) is 16.8 Å². The second-order valence-corrected chi connectivity index (χ2v) is 4.94. The number of ketones is 1. The maximum atomic E-state index is 12.3. The van der Waals surface area contributed by atoms with Gasteiger partial charge in [0.1, 0.15) is 5.78 Å². The standard InChI is InChI=1S/C16H22N2O/c1-4-12(5-2)16(19)11-14-13-9-7-8-10-15(13)18(6-3)17-14/h7-10,12H,4-6,11H2,1-3H3. The van der Waals surface area contributed by atoms with E-state index in [9.17, 15) is 4.79 Å². The van der Waals surface area contributed by atoms with Crippen LogP contribution >= 0.6 is 0 Å². The number of rotatable bonds is 6. The topological polar surface area (TPSA) is 34.9 Å². The first-order valence-electron chi connectivity index (χ1n) is 7.18. The van der Waals surface area contributed by atoms with Crippen LogP contribution in [0.25, 0.3) is 10.9 Å². The van der Waals surface area contributed by atoms with Gasteiger partial charge in [-0.2, -0.15) is 5.10 Å². The van der Waals surface area contributed by atoms with Gasteiger partial charge in [-0.25, -0.2) is 0 Å². The molecule has 0 saturated heterocycles. The van der Waals surface area contributed by atoms with Crippen molar-refractivity contribution in [3.63, 3.8) is 0 Å². The van der Waals surface area contributed by atoms with Crippen LogP contribution in [0.15, 0.2) is 24.3 Å². The van der Waals surface area contributed by atoms with Gasteiger partial charge in [-0.1, -0.05) is 32.0 Å². The third kappa shape index (κ3) is 2.70. The van der Waals surface area contributed by atoms with Crippen molar-refractivity contribution < 1.29 is 4.79 Å². The van der Waals surface area contributed by atoms with Crippen molar-refractivity contribution in [3.05, 3.63) is 30.0 Å². The number of hydrogen-bond acceptors (Lipinski definition) is 2. The lowest BCUT2D eigenvalue weighted by atomic mass is 9.94. The molecule has 19 heavy (non-hydrogen) atoms. The molecule has 0 saturated carbocycles. The van der Waals surface area contributed by atoms with Crippen molar-refractivity contribution in [1.82, 2.24) is 9.78 Å². The number of nitrogens with zero attached hydrogens (tertiary/aromatic N) is 2. The summed E-state index contributed by atoms with van der Waals surface area (Å²) in [5.74, 6) is 0.488. The van der Waals surface area contributed by atoms with Gasteiger partial charge in [0.25, 0.3) is 0 Å². The number of aromatic nitrogens is 2. The highest BCUT2D eigenvalue weighted by Crippen LogP contribution is 2.21. The summed E-state index contributed by atoms with van der Waals surface area (Å²) < 4.78 is 1.98. The van der Waals surface area contributed by atoms with E-state index in [0.29, 0.717) is 12.2 Å². The van der Waals surface area contributed by atoms with Crippen LogP contribution in [-0.4, -0.2) is 15.6 Å². The van der Waals surface area contributed by atoms with Crippen molar-refractivity contribution in [2.24, 2.45) is 5.92 Å². The van der Waals surface area contributed by atoms with Gasteiger partial charge in [-0.15, -0.1) is 0 Å². The molecule has 2 rings (SSSR count). The van der Waals surface area contributed by atoms with E-state index in [0.717, 1.165) is 36.0 Å². The molecule has 0 N–H and O–H groups in total. The van der Waals surface area contributed by atoms with Crippen LogP contribution in [0, 0.1) is 5.92 Å². The molecule has 0 spiro atoms. The molecule has 0 radical (unpaired) electrons. The molecule has 1 aromatic carbocycles. The summed E-state index contributed by atoms with van der Waals surface area (Å²) in [6.45, 7) is 7.06. The van der Waals surface area contributed by atoms with Crippen molar-refractivity contribution in [2.45, 2.75) is 46.6 Å². The monoisotopic (exact) mass is 258 g/mol. The fraction of sp³-hybridized carbons (Fsp3) is 0.500. The van der Waals surface area contributed by atoms with E-state index in [2.05, 4.69) is 38.0 Å². The number of hydrogen-bond donors (Lipinski definition) is 0. The lowest BCUT2D eigenvalue weighted by molar-refractivity contribution is -0.122. The Bertz CT molecular complexity index is 567. The molecule has 0 bridgehead atoms. The zero-order valence-corrected chi connectivity index (χ0v) is 12.0. The van der Waals surface area contributed by atoms with Crippen molar-refractivity contribution >= 4 is 16.7 Å². The van der Waals surface area contributed by atoms with E-state index in [1.54, 1.807) is 0 Å². The minimum Gasteiger partial charge on any atom is -0.299 e. The number of carbonyl (C=O) groups is 1. The number of benzene rings is 1. The predicted molar refractivity (Wildman–Crippen MR) is 78.2 cm³/mol. The summed E-state index contributed by atoms with van der Waals surface area (Å²) >= 11 is 0. The molecule has 0 atom stereocenters. The third-order valence-electron chi connectivity index (χ3n) is 3.82. The first-order valence-corrected chi connectivity index (χ1v) is 7.18. The Labute approximate surface area is 114 Å². The number of aryl methyl sites for hydroxylation is 1. The van der Waals surface area contributed by atoms with Gasteiger partial charge in [-0.05, 0) is 25.8 Å². The van der Waals surface area contributed by atoms with Crippen molar-refractivity contribution in [2.75, 3.05) is 0 Å². The summed E-state index contributed by atoms with van der Waals surface area (Å²) in [6.07, 6.45) is 2.30. The van der Waals surface area contributed by atoms with Crippen molar-refractivity contribution in [3.8, 4) is 0 Å². The summed E-state index contributed by atoms with van der Waals surface area (Å²) in [5.41, 5.74) is 2.05. The number of para-hydroxylation sites is 1. The average molecular weight is 258 g/mol. The van der Waals surface area contributed by atoms with Gasteiger partial charge in [0.2, 0.25) is 0 Å². The van der Waals surface area contributed by atoms with Crippen LogP contribution in [0.2, 0.25) is 0 Å². The molecule has 3 heteroatoms. The summed E-state index contributed by atoms with van der Waals surface area (Å²) in [7, 11) is 0. The fourth-order valence-corrected chi connectivity index (χ4v) is 2.62. The lowest BCUT2D eigenvalue weighted by Crippen LogP contribution is -2.15. The summed E-state index contributed by atoms with van der Waals surface area (Å²) in [4.78, 5) is 12.3. The molecule has 0 unspecified atom stereocenters. The molecule has 1 heterocycles. The second kappa shape index (κ2) is 6.00. The zero-order valence-electron chi connectivity index (χ0n) is 12.0.